The fourth-order valence-electron chi connectivity index (χ4n) is 1.89. The van der Waals surface area contributed by atoms with Crippen LogP contribution in [0.15, 0.2) is 0 Å². The van der Waals surface area contributed by atoms with E-state index in [2.05, 4.69) is 10.3 Å². The van der Waals surface area contributed by atoms with Crippen LogP contribution in [0.3, 0.4) is 0 Å². The fraction of sp³-hybridized carbons (Fsp3) is 0.500. The molecule has 1 saturated heterocycles. The highest BCUT2D eigenvalue weighted by molar-refractivity contribution is 7.89. The number of hydrogen-bond donors (Lipinski definition) is 1. The van der Waals surface area contributed by atoms with E-state index in [-0.39, 0.29) is 18.8 Å². The number of pyridine rings is 1. The molecule has 0 saturated carbocycles. The van der Waals surface area contributed by atoms with Gasteiger partial charge in [0.1, 0.15) is 5.69 Å². The molecule has 1 fully saturated rings. The molecule has 1 aliphatic rings. The summed E-state index contributed by atoms with van der Waals surface area (Å²) in [6.45, 7) is 0.0801. The first-order valence-electron chi connectivity index (χ1n) is 5.74. The van der Waals surface area contributed by atoms with E-state index >= 15 is 0 Å². The maximum Gasteiger partial charge on any atom is 0.253 e. The van der Waals surface area contributed by atoms with Crippen LogP contribution in [0.4, 0.5) is 23.2 Å². The minimum absolute atomic E-state index is 0.0221. The number of aromatic nitrogens is 1. The van der Waals surface area contributed by atoms with Crippen molar-refractivity contribution in [3.63, 3.8) is 0 Å². The first-order valence-corrected chi connectivity index (χ1v) is 7.35. The lowest BCUT2D eigenvalue weighted by Crippen LogP contribution is -2.31. The van der Waals surface area contributed by atoms with Gasteiger partial charge in [-0.15, -0.1) is 0 Å². The van der Waals surface area contributed by atoms with E-state index in [0.717, 1.165) is 4.31 Å². The van der Waals surface area contributed by atoms with Crippen molar-refractivity contribution in [2.75, 3.05) is 30.7 Å². The molecule has 0 aromatic carbocycles. The standard InChI is InChI=1S/C10H11F4N3O2S/c11-6-8(7(12)10(14)16-9(6)13)15-2-4-17-3-1-5-20(17,18)19/h1-5H2,(H,15,16). The van der Waals surface area contributed by atoms with Crippen LogP contribution in [0.1, 0.15) is 6.42 Å². The number of halogens is 4. The molecule has 10 heteroatoms. The molecule has 0 atom stereocenters. The molecule has 20 heavy (non-hydrogen) atoms. The van der Waals surface area contributed by atoms with Crippen LogP contribution >= 0.6 is 0 Å². The second-order valence-electron chi connectivity index (χ2n) is 4.19. The second-order valence-corrected chi connectivity index (χ2v) is 6.28. The van der Waals surface area contributed by atoms with Gasteiger partial charge < -0.3 is 5.32 Å². The van der Waals surface area contributed by atoms with Crippen LogP contribution < -0.4 is 5.32 Å². The summed E-state index contributed by atoms with van der Waals surface area (Å²) in [6, 6.07) is 0. The zero-order chi connectivity index (χ0) is 14.9. The third-order valence-corrected chi connectivity index (χ3v) is 4.82. The molecular formula is C10H11F4N3O2S. The van der Waals surface area contributed by atoms with Crippen LogP contribution in [0.25, 0.3) is 0 Å². The highest BCUT2D eigenvalue weighted by Crippen LogP contribution is 2.22. The lowest BCUT2D eigenvalue weighted by Gasteiger charge is -2.15. The summed E-state index contributed by atoms with van der Waals surface area (Å²) in [7, 11) is -3.33. The topological polar surface area (TPSA) is 62.3 Å². The Bertz CT molecular complexity index is 597. The quantitative estimate of drug-likeness (QED) is 0.667. The molecular weight excluding hydrogens is 302 g/mol. The van der Waals surface area contributed by atoms with E-state index in [0.29, 0.717) is 13.0 Å². The van der Waals surface area contributed by atoms with Gasteiger partial charge in [-0.2, -0.15) is 22.5 Å². The molecule has 1 aromatic rings. The molecule has 5 nitrogen and oxygen atoms in total. The Balaban J connectivity index is 2.05. The predicted octanol–water partition coefficient (Wildman–Crippen LogP) is 1.09. The molecule has 2 heterocycles. The number of rotatable bonds is 4. The van der Waals surface area contributed by atoms with Gasteiger partial charge in [0.15, 0.2) is 0 Å². The summed E-state index contributed by atoms with van der Waals surface area (Å²) in [6.07, 6.45) is 0.476. The molecule has 1 aromatic heterocycles. The highest BCUT2D eigenvalue weighted by atomic mass is 32.2. The number of hydrogen-bond acceptors (Lipinski definition) is 4. The molecule has 0 spiro atoms. The zero-order valence-corrected chi connectivity index (χ0v) is 11.0. The van der Waals surface area contributed by atoms with Gasteiger partial charge in [0, 0.05) is 19.6 Å². The van der Waals surface area contributed by atoms with Gasteiger partial charge in [-0.05, 0) is 6.42 Å². The normalized spacial score (nSPS) is 18.4. The maximum absolute atomic E-state index is 13.3. The monoisotopic (exact) mass is 313 g/mol. The number of nitrogens with one attached hydrogen (secondary N) is 1. The Kier molecular flexibility index (Phi) is 4.14. The SMILES string of the molecule is O=S1(=O)CCCN1CCNc1c(F)c(F)nc(F)c1F. The second kappa shape index (κ2) is 5.52. The molecule has 112 valence electrons. The molecule has 2 rings (SSSR count). The van der Waals surface area contributed by atoms with Crippen LogP contribution in [0, 0.1) is 23.5 Å². The van der Waals surface area contributed by atoms with Crippen molar-refractivity contribution in [2.24, 2.45) is 0 Å². The molecule has 0 amide bonds. The van der Waals surface area contributed by atoms with E-state index in [1.54, 1.807) is 0 Å². The Hall–Kier alpha value is -1.42. The number of sulfonamides is 1. The molecule has 0 bridgehead atoms. The van der Waals surface area contributed by atoms with Crippen molar-refractivity contribution in [2.45, 2.75) is 6.42 Å². The molecule has 1 N–H and O–H groups in total. The van der Waals surface area contributed by atoms with E-state index in [4.69, 9.17) is 0 Å². The first kappa shape index (κ1) is 15.0. The predicted molar refractivity (Wildman–Crippen MR) is 62.5 cm³/mol. The smallest absolute Gasteiger partial charge is 0.253 e. The van der Waals surface area contributed by atoms with Gasteiger partial charge >= 0.3 is 0 Å². The van der Waals surface area contributed by atoms with Gasteiger partial charge in [-0.3, -0.25) is 0 Å². The summed E-state index contributed by atoms with van der Waals surface area (Å²) in [5.74, 6) is -6.80. The average molecular weight is 313 g/mol. The lowest BCUT2D eigenvalue weighted by molar-refractivity contribution is 0.409. The fourth-order valence-corrected chi connectivity index (χ4v) is 3.42. The van der Waals surface area contributed by atoms with Crippen LogP contribution in [-0.2, 0) is 10.0 Å². The molecule has 0 unspecified atom stereocenters. The Morgan fingerprint density at radius 1 is 1.15 bits per heavy atom. The Morgan fingerprint density at radius 2 is 1.75 bits per heavy atom. The van der Waals surface area contributed by atoms with E-state index in [1.807, 2.05) is 0 Å². The summed E-state index contributed by atoms with van der Waals surface area (Å²) in [4.78, 5) is 2.41. The van der Waals surface area contributed by atoms with Gasteiger partial charge in [0.25, 0.3) is 11.9 Å². The zero-order valence-electron chi connectivity index (χ0n) is 10.2. The summed E-state index contributed by atoms with van der Waals surface area (Å²) in [5.41, 5.74) is -0.994. The van der Waals surface area contributed by atoms with Crippen LogP contribution in [0.5, 0.6) is 0 Å². The van der Waals surface area contributed by atoms with Gasteiger partial charge in [-0.25, -0.2) is 12.7 Å². The average Bonchev–Trinajstić information content (AvgIpc) is 2.70. The van der Waals surface area contributed by atoms with Crippen molar-refractivity contribution in [3.8, 4) is 0 Å². The molecule has 0 radical (unpaired) electrons. The maximum atomic E-state index is 13.3. The van der Waals surface area contributed by atoms with Crippen molar-refractivity contribution in [3.05, 3.63) is 23.5 Å². The first-order chi connectivity index (χ1) is 9.33. The summed E-state index contributed by atoms with van der Waals surface area (Å²) in [5, 5.41) is 2.15. The van der Waals surface area contributed by atoms with Gasteiger partial charge in [0.2, 0.25) is 21.7 Å². The van der Waals surface area contributed by atoms with Crippen molar-refractivity contribution >= 4 is 15.7 Å². The van der Waals surface area contributed by atoms with Crippen molar-refractivity contribution in [1.29, 1.82) is 0 Å². The Labute approximate surface area is 112 Å². The lowest BCUT2D eigenvalue weighted by atomic mass is 10.3. The minimum Gasteiger partial charge on any atom is -0.379 e. The van der Waals surface area contributed by atoms with Crippen molar-refractivity contribution in [1.82, 2.24) is 9.29 Å². The van der Waals surface area contributed by atoms with Crippen molar-refractivity contribution < 1.29 is 26.0 Å². The van der Waals surface area contributed by atoms with E-state index in [1.165, 1.54) is 0 Å². The largest absolute Gasteiger partial charge is 0.379 e. The molecule has 1 aliphatic heterocycles. The number of nitrogens with zero attached hydrogens (tertiary/aromatic N) is 2. The minimum atomic E-state index is -3.33. The summed E-state index contributed by atoms with van der Waals surface area (Å²) < 4.78 is 76.3. The van der Waals surface area contributed by atoms with Gasteiger partial charge in [0.05, 0.1) is 5.75 Å². The van der Waals surface area contributed by atoms with Gasteiger partial charge in [-0.1, -0.05) is 0 Å². The van der Waals surface area contributed by atoms with Crippen LogP contribution in [0.2, 0.25) is 0 Å². The summed E-state index contributed by atoms with van der Waals surface area (Å²) >= 11 is 0. The molecule has 0 aliphatic carbocycles. The van der Waals surface area contributed by atoms with Crippen LogP contribution in [-0.4, -0.2) is 43.1 Å². The third kappa shape index (κ3) is 2.85. The van der Waals surface area contributed by atoms with E-state index < -0.39 is 39.2 Å². The highest BCUT2D eigenvalue weighted by Gasteiger charge is 2.28. The van der Waals surface area contributed by atoms with E-state index in [9.17, 15) is 26.0 Å². The third-order valence-electron chi connectivity index (χ3n) is 2.86. The number of anilines is 1. The Morgan fingerprint density at radius 3 is 2.25 bits per heavy atom.